The molecule has 0 saturated carbocycles. The molecule has 0 bridgehead atoms. The molecule has 1 saturated heterocycles. The molecule has 0 radical (unpaired) electrons. The Morgan fingerprint density at radius 1 is 1.36 bits per heavy atom. The van der Waals surface area contributed by atoms with Gasteiger partial charge in [-0.1, -0.05) is 31.5 Å². The number of amides is 4. The third-order valence-electron chi connectivity index (χ3n) is 4.34. The average Bonchev–Trinajstić information content (AvgIpc) is 2.73. The zero-order valence-electron chi connectivity index (χ0n) is 15.0. The minimum atomic E-state index is -0.951. The number of urea groups is 1. The van der Waals surface area contributed by atoms with E-state index in [1.807, 2.05) is 6.92 Å². The Labute approximate surface area is 152 Å². The summed E-state index contributed by atoms with van der Waals surface area (Å²) in [5.74, 6) is -0.386. The van der Waals surface area contributed by atoms with Crippen molar-refractivity contribution in [1.29, 1.82) is 0 Å². The van der Waals surface area contributed by atoms with E-state index in [0.717, 1.165) is 16.9 Å². The summed E-state index contributed by atoms with van der Waals surface area (Å²) in [5.41, 5.74) is 0.456. The van der Waals surface area contributed by atoms with E-state index in [2.05, 4.69) is 24.5 Å². The number of anilines is 1. The molecule has 1 fully saturated rings. The summed E-state index contributed by atoms with van der Waals surface area (Å²) in [7, 11) is 0. The second-order valence-electron chi connectivity index (χ2n) is 7.09. The molecule has 1 aliphatic heterocycles. The van der Waals surface area contributed by atoms with Gasteiger partial charge in [-0.25, -0.2) is 4.79 Å². The number of carbonyl (C=O) groups is 3. The Kier molecular flexibility index (Phi) is 5.72. The van der Waals surface area contributed by atoms with Crippen LogP contribution in [0.3, 0.4) is 0 Å². The molecule has 1 aromatic carbocycles. The summed E-state index contributed by atoms with van der Waals surface area (Å²) in [6.45, 7) is 7.33. The van der Waals surface area contributed by atoms with Crippen LogP contribution in [-0.2, 0) is 9.59 Å². The number of nitrogens with zero attached hydrogens (tertiary/aromatic N) is 1. The first-order chi connectivity index (χ1) is 11.6. The number of imide groups is 1. The predicted molar refractivity (Wildman–Crippen MR) is 97.5 cm³/mol. The van der Waals surface area contributed by atoms with Crippen LogP contribution in [-0.4, -0.2) is 34.8 Å². The lowest BCUT2D eigenvalue weighted by Crippen LogP contribution is -2.44. The SMILES string of the molecule is Cc1ccc(Cl)cc1NC(=O)CN1C(=O)N[C@@](C)(CCC(C)C)C1=O. The molecule has 25 heavy (non-hydrogen) atoms. The van der Waals surface area contributed by atoms with Crippen LogP contribution >= 0.6 is 11.6 Å². The van der Waals surface area contributed by atoms with Gasteiger partial charge in [0.25, 0.3) is 5.91 Å². The van der Waals surface area contributed by atoms with E-state index in [1.165, 1.54) is 0 Å². The summed E-state index contributed by atoms with van der Waals surface area (Å²) in [4.78, 5) is 38.0. The van der Waals surface area contributed by atoms with Crippen molar-refractivity contribution in [3.05, 3.63) is 28.8 Å². The van der Waals surface area contributed by atoms with Crippen LogP contribution in [0.15, 0.2) is 18.2 Å². The van der Waals surface area contributed by atoms with Crippen LogP contribution < -0.4 is 10.6 Å². The molecular formula is C18H24ClN3O3. The van der Waals surface area contributed by atoms with Gasteiger partial charge in [0, 0.05) is 10.7 Å². The van der Waals surface area contributed by atoms with Gasteiger partial charge in [0.1, 0.15) is 12.1 Å². The maximum absolute atomic E-state index is 12.6. The molecule has 1 atom stereocenters. The first-order valence-corrected chi connectivity index (χ1v) is 8.70. The third-order valence-corrected chi connectivity index (χ3v) is 4.58. The molecule has 0 spiro atoms. The molecule has 1 heterocycles. The van der Waals surface area contributed by atoms with E-state index < -0.39 is 17.5 Å². The number of hydrogen-bond donors (Lipinski definition) is 2. The van der Waals surface area contributed by atoms with Gasteiger partial charge < -0.3 is 10.6 Å². The van der Waals surface area contributed by atoms with E-state index in [-0.39, 0.29) is 12.5 Å². The lowest BCUT2D eigenvalue weighted by molar-refractivity contribution is -0.133. The van der Waals surface area contributed by atoms with Gasteiger partial charge in [-0.15, -0.1) is 0 Å². The van der Waals surface area contributed by atoms with E-state index in [4.69, 9.17) is 11.6 Å². The Morgan fingerprint density at radius 2 is 2.04 bits per heavy atom. The Morgan fingerprint density at radius 3 is 2.68 bits per heavy atom. The number of hydrogen-bond acceptors (Lipinski definition) is 3. The first-order valence-electron chi connectivity index (χ1n) is 8.32. The molecular weight excluding hydrogens is 342 g/mol. The summed E-state index contributed by atoms with van der Waals surface area (Å²) < 4.78 is 0. The first kappa shape index (κ1) is 19.2. The quantitative estimate of drug-likeness (QED) is 0.759. The second-order valence-corrected chi connectivity index (χ2v) is 7.53. The molecule has 0 unspecified atom stereocenters. The van der Waals surface area contributed by atoms with E-state index in [9.17, 15) is 14.4 Å². The highest BCUT2D eigenvalue weighted by atomic mass is 35.5. The van der Waals surface area contributed by atoms with E-state index >= 15 is 0 Å². The lowest BCUT2D eigenvalue weighted by atomic mass is 9.92. The zero-order chi connectivity index (χ0) is 18.8. The van der Waals surface area contributed by atoms with Gasteiger partial charge in [-0.05, 0) is 50.3 Å². The maximum atomic E-state index is 12.6. The number of aryl methyl sites for hydroxylation is 1. The number of nitrogens with one attached hydrogen (secondary N) is 2. The maximum Gasteiger partial charge on any atom is 0.325 e. The van der Waals surface area contributed by atoms with Crippen molar-refractivity contribution < 1.29 is 14.4 Å². The molecule has 6 nitrogen and oxygen atoms in total. The topological polar surface area (TPSA) is 78.5 Å². The van der Waals surface area contributed by atoms with Crippen molar-refractivity contribution in [2.75, 3.05) is 11.9 Å². The van der Waals surface area contributed by atoms with Crippen molar-refractivity contribution in [3.63, 3.8) is 0 Å². The molecule has 1 aliphatic rings. The standard InChI is InChI=1S/C18H24ClN3O3/c1-11(2)7-8-18(4)16(24)22(17(25)21-18)10-15(23)20-14-9-13(19)6-5-12(14)3/h5-6,9,11H,7-8,10H2,1-4H3,(H,20,23)(H,21,25)/t18-/m0/s1. The van der Waals surface area contributed by atoms with Crippen LogP contribution in [0.25, 0.3) is 0 Å². The van der Waals surface area contributed by atoms with E-state index in [0.29, 0.717) is 23.0 Å². The van der Waals surface area contributed by atoms with Crippen LogP contribution in [0.1, 0.15) is 39.2 Å². The van der Waals surface area contributed by atoms with Crippen molar-refractivity contribution in [1.82, 2.24) is 10.2 Å². The van der Waals surface area contributed by atoms with Crippen molar-refractivity contribution in [2.24, 2.45) is 5.92 Å². The summed E-state index contributed by atoms with van der Waals surface area (Å²) in [5, 5.41) is 5.91. The Hall–Kier alpha value is -2.08. The van der Waals surface area contributed by atoms with Gasteiger partial charge >= 0.3 is 6.03 Å². The van der Waals surface area contributed by atoms with Gasteiger partial charge in [0.15, 0.2) is 0 Å². The predicted octanol–water partition coefficient (Wildman–Crippen LogP) is 3.33. The molecule has 2 rings (SSSR count). The second kappa shape index (κ2) is 7.44. The minimum Gasteiger partial charge on any atom is -0.324 e. The number of carbonyl (C=O) groups excluding carboxylic acids is 3. The lowest BCUT2D eigenvalue weighted by Gasteiger charge is -2.22. The number of benzene rings is 1. The van der Waals surface area contributed by atoms with Crippen molar-refractivity contribution in [2.45, 2.75) is 46.1 Å². The van der Waals surface area contributed by atoms with Crippen LogP contribution in [0, 0.1) is 12.8 Å². The highest BCUT2D eigenvalue weighted by molar-refractivity contribution is 6.31. The van der Waals surface area contributed by atoms with Crippen LogP contribution in [0.5, 0.6) is 0 Å². The van der Waals surface area contributed by atoms with Crippen molar-refractivity contribution in [3.8, 4) is 0 Å². The van der Waals surface area contributed by atoms with Crippen molar-refractivity contribution >= 4 is 35.1 Å². The summed E-state index contributed by atoms with van der Waals surface area (Å²) in [6.07, 6.45) is 1.35. The van der Waals surface area contributed by atoms with E-state index in [1.54, 1.807) is 25.1 Å². The Bertz CT molecular complexity index is 705. The largest absolute Gasteiger partial charge is 0.325 e. The molecule has 0 aromatic heterocycles. The third kappa shape index (κ3) is 4.51. The molecule has 0 aliphatic carbocycles. The molecule has 7 heteroatoms. The summed E-state index contributed by atoms with van der Waals surface area (Å²) >= 11 is 5.93. The number of rotatable bonds is 6. The average molecular weight is 366 g/mol. The fourth-order valence-corrected chi connectivity index (χ4v) is 2.87. The summed E-state index contributed by atoms with van der Waals surface area (Å²) in [6, 6.07) is 4.61. The fraction of sp³-hybridized carbons (Fsp3) is 0.500. The highest BCUT2D eigenvalue weighted by Gasteiger charge is 2.47. The molecule has 1 aromatic rings. The normalized spacial score (nSPS) is 20.2. The van der Waals surface area contributed by atoms with Gasteiger partial charge in [0.05, 0.1) is 0 Å². The fourth-order valence-electron chi connectivity index (χ4n) is 2.70. The van der Waals surface area contributed by atoms with Gasteiger partial charge in [-0.3, -0.25) is 14.5 Å². The minimum absolute atomic E-state index is 0.326. The monoisotopic (exact) mass is 365 g/mol. The highest BCUT2D eigenvalue weighted by Crippen LogP contribution is 2.25. The Balaban J connectivity index is 2.04. The zero-order valence-corrected chi connectivity index (χ0v) is 15.7. The molecule has 4 amide bonds. The number of halogens is 1. The van der Waals surface area contributed by atoms with Gasteiger partial charge in [0.2, 0.25) is 5.91 Å². The molecule has 136 valence electrons. The smallest absolute Gasteiger partial charge is 0.324 e. The van der Waals surface area contributed by atoms with Crippen LogP contribution in [0.2, 0.25) is 5.02 Å². The molecule has 2 N–H and O–H groups in total. The van der Waals surface area contributed by atoms with Gasteiger partial charge in [-0.2, -0.15) is 0 Å². The van der Waals surface area contributed by atoms with Crippen LogP contribution in [0.4, 0.5) is 10.5 Å².